The lowest BCUT2D eigenvalue weighted by Crippen LogP contribution is -2.15. The molecule has 2 aromatic carbocycles. The number of nitrogens with one attached hydrogen (secondary N) is 1. The van der Waals surface area contributed by atoms with E-state index >= 15 is 0 Å². The van der Waals surface area contributed by atoms with Crippen molar-refractivity contribution in [1.82, 2.24) is 0 Å². The zero-order valence-corrected chi connectivity index (χ0v) is 15.1. The van der Waals surface area contributed by atoms with Gasteiger partial charge in [0.15, 0.2) is 0 Å². The third-order valence-corrected chi connectivity index (χ3v) is 4.02. The van der Waals surface area contributed by atoms with E-state index in [1.807, 2.05) is 44.2 Å². The van der Waals surface area contributed by atoms with Gasteiger partial charge in [-0.3, -0.25) is 0 Å². The lowest BCUT2D eigenvalue weighted by atomic mass is 10.1. The van der Waals surface area contributed by atoms with Crippen molar-refractivity contribution >= 4 is 27.6 Å². The van der Waals surface area contributed by atoms with Crippen molar-refractivity contribution in [2.75, 3.05) is 25.6 Å². The number of methoxy groups -OCH3 is 1. The molecule has 0 amide bonds. The smallest absolute Gasteiger partial charge is 0.340 e. The summed E-state index contributed by atoms with van der Waals surface area (Å²) >= 11 is 3.49. The van der Waals surface area contributed by atoms with Crippen molar-refractivity contribution < 1.29 is 14.3 Å². The Labute approximate surface area is 144 Å². The topological polar surface area (TPSA) is 47.6 Å². The molecule has 0 aliphatic heterocycles. The minimum atomic E-state index is -0.364. The van der Waals surface area contributed by atoms with Gasteiger partial charge in [-0.05, 0) is 59.1 Å². The molecule has 0 bridgehead atoms. The van der Waals surface area contributed by atoms with Crippen LogP contribution in [0.25, 0.3) is 0 Å². The first-order valence-corrected chi connectivity index (χ1v) is 8.13. The number of carbonyl (C=O) groups is 1. The van der Waals surface area contributed by atoms with Crippen molar-refractivity contribution in [3.8, 4) is 5.75 Å². The van der Waals surface area contributed by atoms with Gasteiger partial charge in [0.05, 0.1) is 18.4 Å². The van der Waals surface area contributed by atoms with E-state index in [-0.39, 0.29) is 5.97 Å². The van der Waals surface area contributed by atoms with E-state index in [4.69, 9.17) is 9.47 Å². The van der Waals surface area contributed by atoms with Gasteiger partial charge < -0.3 is 14.8 Å². The Bertz CT molecular complexity index is 701. The largest absolute Gasteiger partial charge is 0.491 e. The third-order valence-electron chi connectivity index (χ3n) is 3.39. The molecule has 4 nitrogen and oxygen atoms in total. The number of halogens is 1. The Morgan fingerprint density at radius 2 is 1.96 bits per heavy atom. The van der Waals surface area contributed by atoms with E-state index in [0.29, 0.717) is 18.7 Å². The van der Waals surface area contributed by atoms with E-state index in [0.717, 1.165) is 27.0 Å². The Morgan fingerprint density at radius 1 is 1.22 bits per heavy atom. The summed E-state index contributed by atoms with van der Waals surface area (Å²) in [6.45, 7) is 5.00. The standard InChI is InChI=1S/C18H20BrNO3/c1-12-10-14(18(21)22-3)17(15(19)11-12)20-8-9-23-16-7-5-4-6-13(16)2/h4-7,10-11,20H,8-9H2,1-3H3. The maximum Gasteiger partial charge on any atom is 0.340 e. The molecule has 0 aliphatic rings. The normalized spacial score (nSPS) is 10.3. The summed E-state index contributed by atoms with van der Waals surface area (Å²) in [4.78, 5) is 11.9. The summed E-state index contributed by atoms with van der Waals surface area (Å²) in [6.07, 6.45) is 0. The average Bonchev–Trinajstić information content (AvgIpc) is 2.53. The highest BCUT2D eigenvalue weighted by atomic mass is 79.9. The number of benzene rings is 2. The Kier molecular flexibility index (Phi) is 6.04. The van der Waals surface area contributed by atoms with Crippen LogP contribution in [-0.4, -0.2) is 26.2 Å². The predicted molar refractivity (Wildman–Crippen MR) is 95.4 cm³/mol. The second-order valence-corrected chi connectivity index (χ2v) is 6.06. The van der Waals surface area contributed by atoms with Gasteiger partial charge in [0, 0.05) is 11.0 Å². The van der Waals surface area contributed by atoms with E-state index in [1.54, 1.807) is 6.07 Å². The summed E-state index contributed by atoms with van der Waals surface area (Å²) < 4.78 is 11.4. The minimum Gasteiger partial charge on any atom is -0.491 e. The molecule has 0 aromatic heterocycles. The number of hydrogen-bond acceptors (Lipinski definition) is 4. The molecule has 0 unspecified atom stereocenters. The zero-order chi connectivity index (χ0) is 16.8. The van der Waals surface area contributed by atoms with E-state index in [1.165, 1.54) is 7.11 Å². The van der Waals surface area contributed by atoms with Gasteiger partial charge in [0.1, 0.15) is 12.4 Å². The number of rotatable bonds is 6. The van der Waals surface area contributed by atoms with Crippen molar-refractivity contribution in [3.63, 3.8) is 0 Å². The maximum absolute atomic E-state index is 11.9. The van der Waals surface area contributed by atoms with Gasteiger partial charge in [-0.2, -0.15) is 0 Å². The van der Waals surface area contributed by atoms with Crippen molar-refractivity contribution in [3.05, 3.63) is 57.6 Å². The Balaban J connectivity index is 2.03. The van der Waals surface area contributed by atoms with Crippen LogP contribution in [0.5, 0.6) is 5.75 Å². The van der Waals surface area contributed by atoms with Gasteiger partial charge >= 0.3 is 5.97 Å². The summed E-state index contributed by atoms with van der Waals surface area (Å²) in [5, 5.41) is 3.24. The first-order chi connectivity index (χ1) is 11.0. The molecule has 122 valence electrons. The SMILES string of the molecule is COC(=O)c1cc(C)cc(Br)c1NCCOc1ccccc1C. The first-order valence-electron chi connectivity index (χ1n) is 7.33. The molecule has 0 spiro atoms. The molecule has 0 fully saturated rings. The van der Waals surface area contributed by atoms with Gasteiger partial charge in [-0.15, -0.1) is 0 Å². The van der Waals surface area contributed by atoms with Crippen LogP contribution in [-0.2, 0) is 4.74 Å². The fourth-order valence-electron chi connectivity index (χ4n) is 2.25. The fourth-order valence-corrected chi connectivity index (χ4v) is 2.96. The van der Waals surface area contributed by atoms with Gasteiger partial charge in [-0.1, -0.05) is 18.2 Å². The summed E-state index contributed by atoms with van der Waals surface area (Å²) in [5.41, 5.74) is 3.31. The molecule has 0 atom stereocenters. The highest BCUT2D eigenvalue weighted by Crippen LogP contribution is 2.29. The number of ether oxygens (including phenoxy) is 2. The number of anilines is 1. The minimum absolute atomic E-state index is 0.364. The number of hydrogen-bond donors (Lipinski definition) is 1. The quantitative estimate of drug-likeness (QED) is 0.600. The molecule has 0 radical (unpaired) electrons. The van der Waals surface area contributed by atoms with Crippen LogP contribution >= 0.6 is 15.9 Å². The van der Waals surface area contributed by atoms with Crippen LogP contribution in [0.3, 0.4) is 0 Å². The van der Waals surface area contributed by atoms with Crippen LogP contribution in [0.15, 0.2) is 40.9 Å². The number of aryl methyl sites for hydroxylation is 2. The summed E-state index contributed by atoms with van der Waals surface area (Å²) in [7, 11) is 1.38. The molecule has 2 rings (SSSR count). The first kappa shape index (κ1) is 17.3. The molecule has 23 heavy (non-hydrogen) atoms. The summed E-state index contributed by atoms with van der Waals surface area (Å²) in [5.74, 6) is 0.502. The average molecular weight is 378 g/mol. The van der Waals surface area contributed by atoms with Gasteiger partial charge in [-0.25, -0.2) is 4.79 Å². The molecular formula is C18H20BrNO3. The van der Waals surface area contributed by atoms with Gasteiger partial charge in [0.2, 0.25) is 0 Å². The highest BCUT2D eigenvalue weighted by molar-refractivity contribution is 9.10. The van der Waals surface area contributed by atoms with E-state index in [9.17, 15) is 4.79 Å². The van der Waals surface area contributed by atoms with Crippen molar-refractivity contribution in [1.29, 1.82) is 0 Å². The molecule has 5 heteroatoms. The second kappa shape index (κ2) is 8.02. The highest BCUT2D eigenvalue weighted by Gasteiger charge is 2.15. The molecule has 1 N–H and O–H groups in total. The molecule has 0 heterocycles. The van der Waals surface area contributed by atoms with E-state index < -0.39 is 0 Å². The van der Waals surface area contributed by atoms with E-state index in [2.05, 4.69) is 21.2 Å². The summed E-state index contributed by atoms with van der Waals surface area (Å²) in [6, 6.07) is 11.6. The molecule has 0 saturated heterocycles. The molecule has 0 aliphatic carbocycles. The van der Waals surface area contributed by atoms with Crippen LogP contribution in [0.2, 0.25) is 0 Å². The number of para-hydroxylation sites is 1. The third kappa shape index (κ3) is 4.48. The monoisotopic (exact) mass is 377 g/mol. The second-order valence-electron chi connectivity index (χ2n) is 5.20. The van der Waals surface area contributed by atoms with Crippen LogP contribution in [0.4, 0.5) is 5.69 Å². The maximum atomic E-state index is 11.9. The number of carbonyl (C=O) groups excluding carboxylic acids is 1. The zero-order valence-electron chi connectivity index (χ0n) is 13.5. The fraction of sp³-hybridized carbons (Fsp3) is 0.278. The molecule has 0 saturated carbocycles. The lowest BCUT2D eigenvalue weighted by Gasteiger charge is -2.15. The Hall–Kier alpha value is -2.01. The van der Waals surface area contributed by atoms with Crippen LogP contribution in [0, 0.1) is 13.8 Å². The predicted octanol–water partition coefficient (Wildman–Crippen LogP) is 4.34. The van der Waals surface area contributed by atoms with Crippen molar-refractivity contribution in [2.24, 2.45) is 0 Å². The lowest BCUT2D eigenvalue weighted by molar-refractivity contribution is 0.0601. The van der Waals surface area contributed by atoms with Crippen LogP contribution < -0.4 is 10.1 Å². The molecule has 2 aromatic rings. The van der Waals surface area contributed by atoms with Crippen LogP contribution in [0.1, 0.15) is 21.5 Å². The number of esters is 1. The van der Waals surface area contributed by atoms with Gasteiger partial charge in [0.25, 0.3) is 0 Å². The Morgan fingerprint density at radius 3 is 2.65 bits per heavy atom. The van der Waals surface area contributed by atoms with Crippen molar-refractivity contribution in [2.45, 2.75) is 13.8 Å². The molecular weight excluding hydrogens is 358 g/mol.